The minimum absolute atomic E-state index is 0.187. The van der Waals surface area contributed by atoms with Gasteiger partial charge in [0.2, 0.25) is 6.79 Å². The van der Waals surface area contributed by atoms with Gasteiger partial charge in [-0.05, 0) is 49.3 Å². The molecule has 2 aliphatic heterocycles. The second-order valence-corrected chi connectivity index (χ2v) is 8.35. The number of rotatable bonds is 7. The van der Waals surface area contributed by atoms with E-state index >= 15 is 0 Å². The number of hydrogen-bond donors (Lipinski definition) is 1. The first kappa shape index (κ1) is 21.0. The Bertz CT molecular complexity index is 1100. The van der Waals surface area contributed by atoms with Crippen molar-refractivity contribution in [1.29, 1.82) is 0 Å². The van der Waals surface area contributed by atoms with Crippen molar-refractivity contribution in [2.45, 2.75) is 19.9 Å². The lowest BCUT2D eigenvalue weighted by Gasteiger charge is -2.35. The first-order chi connectivity index (χ1) is 15.7. The number of hydrogen-bond acceptors (Lipinski definition) is 6. The van der Waals surface area contributed by atoms with Crippen LogP contribution in [-0.2, 0) is 13.0 Å². The molecule has 0 bridgehead atoms. The molecule has 1 N–H and O–H groups in total. The molecule has 168 valence electrons. The van der Waals surface area contributed by atoms with Gasteiger partial charge in [-0.3, -0.25) is 0 Å². The molecular formula is C25H29FN4O2. The van der Waals surface area contributed by atoms with Gasteiger partial charge in [0.15, 0.2) is 11.5 Å². The molecule has 1 fully saturated rings. The zero-order valence-corrected chi connectivity index (χ0v) is 18.4. The SMILES string of the molecule is CCN1CCN(c2nc3cc4c(cc3cc2CNCCc2cccc(F)c2)OCO4)CC1. The van der Waals surface area contributed by atoms with Gasteiger partial charge in [-0.25, -0.2) is 9.37 Å². The zero-order chi connectivity index (χ0) is 21.9. The number of benzene rings is 2. The van der Waals surface area contributed by atoms with Crippen LogP contribution in [0.5, 0.6) is 11.5 Å². The summed E-state index contributed by atoms with van der Waals surface area (Å²) >= 11 is 0. The second-order valence-electron chi connectivity index (χ2n) is 8.35. The molecule has 2 aromatic carbocycles. The van der Waals surface area contributed by atoms with E-state index in [1.165, 1.54) is 11.6 Å². The van der Waals surface area contributed by atoms with Crippen molar-refractivity contribution in [2.75, 3.05) is 51.0 Å². The van der Waals surface area contributed by atoms with Crippen molar-refractivity contribution in [2.24, 2.45) is 0 Å². The van der Waals surface area contributed by atoms with E-state index in [2.05, 4.69) is 28.1 Å². The van der Waals surface area contributed by atoms with Crippen molar-refractivity contribution >= 4 is 16.7 Å². The first-order valence-corrected chi connectivity index (χ1v) is 11.4. The summed E-state index contributed by atoms with van der Waals surface area (Å²) in [6.07, 6.45) is 0.780. The molecule has 32 heavy (non-hydrogen) atoms. The standard InChI is InChI=1S/C25H29FN4O2/c1-2-29-8-10-30(11-9-29)25-20(16-27-7-6-18-4-3-5-21(26)12-18)13-19-14-23-24(32-17-31-23)15-22(19)28-25/h3-5,12-15,27H,2,6-11,16-17H2,1H3. The highest BCUT2D eigenvalue weighted by Gasteiger charge is 2.22. The van der Waals surface area contributed by atoms with Gasteiger partial charge >= 0.3 is 0 Å². The van der Waals surface area contributed by atoms with Crippen LogP contribution in [0, 0.1) is 5.82 Å². The smallest absolute Gasteiger partial charge is 0.231 e. The lowest BCUT2D eigenvalue weighted by molar-refractivity contribution is 0.174. The van der Waals surface area contributed by atoms with Crippen molar-refractivity contribution in [3.63, 3.8) is 0 Å². The quantitative estimate of drug-likeness (QED) is 0.572. The maximum absolute atomic E-state index is 13.4. The van der Waals surface area contributed by atoms with Crippen molar-refractivity contribution < 1.29 is 13.9 Å². The van der Waals surface area contributed by atoms with E-state index in [0.29, 0.717) is 6.54 Å². The highest BCUT2D eigenvalue weighted by Crippen LogP contribution is 2.37. The molecule has 0 amide bonds. The number of nitrogens with one attached hydrogen (secondary N) is 1. The van der Waals surface area contributed by atoms with Crippen LogP contribution < -0.4 is 19.7 Å². The van der Waals surface area contributed by atoms with Gasteiger partial charge in [-0.1, -0.05) is 19.1 Å². The maximum atomic E-state index is 13.4. The van der Waals surface area contributed by atoms with Crippen LogP contribution in [0.1, 0.15) is 18.1 Å². The van der Waals surface area contributed by atoms with E-state index in [4.69, 9.17) is 14.5 Å². The normalized spacial score (nSPS) is 16.1. The van der Waals surface area contributed by atoms with Crippen LogP contribution in [0.3, 0.4) is 0 Å². The summed E-state index contributed by atoms with van der Waals surface area (Å²) in [5.74, 6) is 2.38. The highest BCUT2D eigenvalue weighted by molar-refractivity contribution is 5.85. The predicted octanol–water partition coefficient (Wildman–Crippen LogP) is 3.58. The number of anilines is 1. The molecular weight excluding hydrogens is 407 g/mol. The lowest BCUT2D eigenvalue weighted by Crippen LogP contribution is -2.46. The fourth-order valence-electron chi connectivity index (χ4n) is 4.43. The Kier molecular flexibility index (Phi) is 6.10. The molecule has 5 rings (SSSR count). The third-order valence-electron chi connectivity index (χ3n) is 6.28. The summed E-state index contributed by atoms with van der Waals surface area (Å²) in [6.45, 7) is 9.04. The largest absolute Gasteiger partial charge is 0.454 e. The Morgan fingerprint density at radius 1 is 1.03 bits per heavy atom. The van der Waals surface area contributed by atoms with Gasteiger partial charge in [0, 0.05) is 49.7 Å². The molecule has 0 radical (unpaired) electrons. The molecule has 6 nitrogen and oxygen atoms in total. The molecule has 0 saturated carbocycles. The Balaban J connectivity index is 1.36. The predicted molar refractivity (Wildman–Crippen MR) is 124 cm³/mol. The molecule has 1 aromatic heterocycles. The van der Waals surface area contributed by atoms with Gasteiger partial charge in [0.05, 0.1) is 5.52 Å². The number of ether oxygens (including phenoxy) is 2. The Labute approximate surface area is 187 Å². The second kappa shape index (κ2) is 9.30. The summed E-state index contributed by atoms with van der Waals surface area (Å²) in [5, 5.41) is 4.58. The van der Waals surface area contributed by atoms with Crippen molar-refractivity contribution in [3.8, 4) is 11.5 Å². The minimum Gasteiger partial charge on any atom is -0.454 e. The summed E-state index contributed by atoms with van der Waals surface area (Å²) in [6, 6.07) is 13.0. The summed E-state index contributed by atoms with van der Waals surface area (Å²) in [7, 11) is 0. The number of likely N-dealkylation sites (N-methyl/N-ethyl adjacent to an activating group) is 1. The van der Waals surface area contributed by atoms with Crippen LogP contribution in [-0.4, -0.2) is 55.9 Å². The molecule has 0 aliphatic carbocycles. The van der Waals surface area contributed by atoms with Gasteiger partial charge in [-0.2, -0.15) is 0 Å². The molecule has 1 saturated heterocycles. The summed E-state index contributed by atoms with van der Waals surface area (Å²) in [4.78, 5) is 9.91. The monoisotopic (exact) mass is 436 g/mol. The van der Waals surface area contributed by atoms with E-state index < -0.39 is 0 Å². The van der Waals surface area contributed by atoms with Crippen LogP contribution in [0.4, 0.5) is 10.2 Å². The summed E-state index contributed by atoms with van der Waals surface area (Å²) in [5.41, 5.74) is 3.09. The van der Waals surface area contributed by atoms with E-state index in [0.717, 1.165) is 79.5 Å². The zero-order valence-electron chi connectivity index (χ0n) is 18.4. The number of nitrogens with zero attached hydrogens (tertiary/aromatic N) is 3. The fraction of sp³-hybridized carbons (Fsp3) is 0.400. The Morgan fingerprint density at radius 3 is 2.62 bits per heavy atom. The molecule has 0 spiro atoms. The van der Waals surface area contributed by atoms with Crippen molar-refractivity contribution in [3.05, 3.63) is 59.4 Å². The van der Waals surface area contributed by atoms with Crippen LogP contribution in [0.25, 0.3) is 10.9 Å². The van der Waals surface area contributed by atoms with Crippen LogP contribution in [0.15, 0.2) is 42.5 Å². The third-order valence-corrected chi connectivity index (χ3v) is 6.28. The number of fused-ring (bicyclic) bond motifs is 2. The number of piperazine rings is 1. The van der Waals surface area contributed by atoms with Crippen LogP contribution in [0.2, 0.25) is 0 Å². The van der Waals surface area contributed by atoms with Crippen LogP contribution >= 0.6 is 0 Å². The first-order valence-electron chi connectivity index (χ1n) is 11.4. The third kappa shape index (κ3) is 4.49. The summed E-state index contributed by atoms with van der Waals surface area (Å²) < 4.78 is 24.6. The molecule has 7 heteroatoms. The van der Waals surface area contributed by atoms with Gasteiger partial charge in [0.1, 0.15) is 11.6 Å². The van der Waals surface area contributed by atoms with Gasteiger partial charge in [-0.15, -0.1) is 0 Å². The van der Waals surface area contributed by atoms with E-state index in [1.54, 1.807) is 12.1 Å². The number of pyridine rings is 1. The lowest BCUT2D eigenvalue weighted by atomic mass is 10.1. The van der Waals surface area contributed by atoms with Gasteiger partial charge < -0.3 is 24.6 Å². The van der Waals surface area contributed by atoms with Crippen molar-refractivity contribution in [1.82, 2.24) is 15.2 Å². The molecule has 3 aromatic rings. The Hall–Kier alpha value is -2.90. The topological polar surface area (TPSA) is 49.9 Å². The van der Waals surface area contributed by atoms with E-state index in [-0.39, 0.29) is 12.6 Å². The fourth-order valence-corrected chi connectivity index (χ4v) is 4.43. The van der Waals surface area contributed by atoms with E-state index in [9.17, 15) is 4.39 Å². The number of aromatic nitrogens is 1. The van der Waals surface area contributed by atoms with E-state index in [1.807, 2.05) is 18.2 Å². The molecule has 0 unspecified atom stereocenters. The van der Waals surface area contributed by atoms with Gasteiger partial charge in [0.25, 0.3) is 0 Å². The maximum Gasteiger partial charge on any atom is 0.231 e. The number of halogens is 1. The molecule has 2 aliphatic rings. The molecule has 0 atom stereocenters. The Morgan fingerprint density at radius 2 is 1.84 bits per heavy atom. The highest BCUT2D eigenvalue weighted by atomic mass is 19.1. The average Bonchev–Trinajstić information content (AvgIpc) is 3.27. The minimum atomic E-state index is -0.187. The average molecular weight is 437 g/mol. The molecule has 3 heterocycles.